The van der Waals surface area contributed by atoms with Crippen LogP contribution in [0.3, 0.4) is 0 Å². The van der Waals surface area contributed by atoms with Crippen LogP contribution >= 0.6 is 0 Å². The summed E-state index contributed by atoms with van der Waals surface area (Å²) in [4.78, 5) is 16.3. The second kappa shape index (κ2) is 8.11. The highest BCUT2D eigenvalue weighted by molar-refractivity contribution is 5.92. The molecule has 0 fully saturated rings. The molecule has 1 aromatic heterocycles. The number of carbonyl (C=O) groups excluding carboxylic acids is 1. The summed E-state index contributed by atoms with van der Waals surface area (Å²) >= 11 is 0. The molecule has 0 bridgehead atoms. The Kier molecular flexibility index (Phi) is 5.42. The van der Waals surface area contributed by atoms with E-state index in [1.54, 1.807) is 6.07 Å². The van der Waals surface area contributed by atoms with Crippen molar-refractivity contribution in [1.82, 2.24) is 10.3 Å². The lowest BCUT2D eigenvalue weighted by molar-refractivity contribution is 0.0945. The molecule has 0 radical (unpaired) electrons. The highest BCUT2D eigenvalue weighted by atomic mass is 16.5. The van der Waals surface area contributed by atoms with Gasteiger partial charge in [-0.2, -0.15) is 0 Å². The first kappa shape index (κ1) is 16.7. The maximum atomic E-state index is 12.1. The highest BCUT2D eigenvalue weighted by Gasteiger charge is 2.06. The van der Waals surface area contributed by atoms with E-state index in [0.29, 0.717) is 18.8 Å². The minimum atomic E-state index is -0.166. The highest BCUT2D eigenvalue weighted by Crippen LogP contribution is 2.12. The molecule has 0 aliphatic rings. The molecule has 0 saturated heterocycles. The normalized spacial score (nSPS) is 10.3. The van der Waals surface area contributed by atoms with Crippen molar-refractivity contribution in [2.45, 2.75) is 20.1 Å². The average molecular weight is 332 g/mol. The number of aromatic nitrogens is 1. The maximum Gasteiger partial charge on any atom is 0.270 e. The van der Waals surface area contributed by atoms with Crippen LogP contribution in [0.25, 0.3) is 0 Å². The second-order valence-electron chi connectivity index (χ2n) is 5.77. The van der Waals surface area contributed by atoms with Crippen LogP contribution in [0.1, 0.15) is 27.3 Å². The van der Waals surface area contributed by atoms with Crippen LogP contribution in [0.2, 0.25) is 0 Å². The van der Waals surface area contributed by atoms with Crippen LogP contribution in [-0.2, 0) is 13.2 Å². The van der Waals surface area contributed by atoms with Gasteiger partial charge in [-0.3, -0.25) is 4.79 Å². The average Bonchev–Trinajstić information content (AvgIpc) is 2.66. The molecule has 3 rings (SSSR count). The fourth-order valence-electron chi connectivity index (χ4n) is 2.38. The summed E-state index contributed by atoms with van der Waals surface area (Å²) in [5, 5.41) is 2.89. The lowest BCUT2D eigenvalue weighted by Gasteiger charge is -2.08. The van der Waals surface area contributed by atoms with Gasteiger partial charge in [0.1, 0.15) is 18.1 Å². The van der Waals surface area contributed by atoms with Gasteiger partial charge in [0.2, 0.25) is 0 Å². The number of rotatable bonds is 6. The van der Waals surface area contributed by atoms with E-state index in [9.17, 15) is 4.79 Å². The number of carbonyl (C=O) groups is 1. The molecule has 3 aromatic rings. The molecular weight excluding hydrogens is 312 g/mol. The number of hydrogen-bond acceptors (Lipinski definition) is 3. The van der Waals surface area contributed by atoms with Crippen molar-refractivity contribution < 1.29 is 9.53 Å². The van der Waals surface area contributed by atoms with Crippen molar-refractivity contribution in [3.05, 3.63) is 95.3 Å². The Morgan fingerprint density at radius 2 is 1.64 bits per heavy atom. The number of amides is 1. The van der Waals surface area contributed by atoms with Gasteiger partial charge in [-0.1, -0.05) is 48.5 Å². The van der Waals surface area contributed by atoms with E-state index in [1.165, 1.54) is 0 Å². The predicted octanol–water partition coefficient (Wildman–Crippen LogP) is 3.90. The van der Waals surface area contributed by atoms with Crippen molar-refractivity contribution >= 4 is 5.91 Å². The number of aryl methyl sites for hydroxylation is 1. The first-order valence-corrected chi connectivity index (χ1v) is 8.18. The number of ether oxygens (including phenoxy) is 1. The standard InChI is InChI=1S/C21H20N2O2/c1-16-6-5-9-20(23-16)21(24)22-14-17-10-12-18(13-11-17)15-25-19-7-3-2-4-8-19/h2-13H,14-15H2,1H3,(H,22,24). The first-order chi connectivity index (χ1) is 12.2. The first-order valence-electron chi connectivity index (χ1n) is 8.18. The Morgan fingerprint density at radius 3 is 2.36 bits per heavy atom. The number of hydrogen-bond donors (Lipinski definition) is 1. The lowest BCUT2D eigenvalue weighted by atomic mass is 10.1. The number of pyridine rings is 1. The van der Waals surface area contributed by atoms with Crippen LogP contribution in [0.15, 0.2) is 72.8 Å². The fourth-order valence-corrected chi connectivity index (χ4v) is 2.38. The number of para-hydroxylation sites is 1. The summed E-state index contributed by atoms with van der Waals surface area (Å²) in [5.41, 5.74) is 3.38. The zero-order valence-electron chi connectivity index (χ0n) is 14.1. The molecule has 1 N–H and O–H groups in total. The van der Waals surface area contributed by atoms with Crippen molar-refractivity contribution in [3.8, 4) is 5.75 Å². The largest absolute Gasteiger partial charge is 0.489 e. The SMILES string of the molecule is Cc1cccc(C(=O)NCc2ccc(COc3ccccc3)cc2)n1. The Bertz CT molecular complexity index is 830. The van der Waals surface area contributed by atoms with E-state index in [0.717, 1.165) is 22.6 Å². The van der Waals surface area contributed by atoms with Crippen LogP contribution < -0.4 is 10.1 Å². The summed E-state index contributed by atoms with van der Waals surface area (Å²) in [5.74, 6) is 0.685. The maximum absolute atomic E-state index is 12.1. The third-order valence-corrected chi connectivity index (χ3v) is 3.75. The Morgan fingerprint density at radius 1 is 0.920 bits per heavy atom. The molecule has 0 aliphatic heterocycles. The zero-order valence-corrected chi connectivity index (χ0v) is 14.1. The third kappa shape index (κ3) is 4.91. The summed E-state index contributed by atoms with van der Waals surface area (Å²) in [6.07, 6.45) is 0. The number of nitrogens with zero attached hydrogens (tertiary/aromatic N) is 1. The van der Waals surface area contributed by atoms with Gasteiger partial charge in [-0.15, -0.1) is 0 Å². The van der Waals surface area contributed by atoms with Gasteiger partial charge < -0.3 is 10.1 Å². The molecule has 4 heteroatoms. The molecule has 0 atom stereocenters. The minimum absolute atomic E-state index is 0.166. The van der Waals surface area contributed by atoms with Crippen LogP contribution in [0, 0.1) is 6.92 Å². The molecule has 0 saturated carbocycles. The topological polar surface area (TPSA) is 51.2 Å². The molecule has 1 amide bonds. The smallest absolute Gasteiger partial charge is 0.270 e. The number of benzene rings is 2. The molecule has 4 nitrogen and oxygen atoms in total. The molecule has 0 spiro atoms. The van der Waals surface area contributed by atoms with E-state index in [1.807, 2.05) is 73.7 Å². The molecule has 0 unspecified atom stereocenters. The molecular formula is C21H20N2O2. The Labute approximate surface area is 147 Å². The fraction of sp³-hybridized carbons (Fsp3) is 0.143. The van der Waals surface area contributed by atoms with Crippen molar-refractivity contribution in [2.75, 3.05) is 0 Å². The molecule has 25 heavy (non-hydrogen) atoms. The van der Waals surface area contributed by atoms with Crippen molar-refractivity contribution in [3.63, 3.8) is 0 Å². The van der Waals surface area contributed by atoms with Gasteiger partial charge in [-0.25, -0.2) is 4.98 Å². The molecule has 1 heterocycles. The summed E-state index contributed by atoms with van der Waals surface area (Å²) in [7, 11) is 0. The van der Waals surface area contributed by atoms with Crippen LogP contribution in [0.5, 0.6) is 5.75 Å². The minimum Gasteiger partial charge on any atom is -0.489 e. The van der Waals surface area contributed by atoms with E-state index in [-0.39, 0.29) is 5.91 Å². The Hall–Kier alpha value is -3.14. The van der Waals surface area contributed by atoms with Gasteiger partial charge in [0, 0.05) is 12.2 Å². The molecule has 126 valence electrons. The van der Waals surface area contributed by atoms with E-state index >= 15 is 0 Å². The van der Waals surface area contributed by atoms with E-state index in [4.69, 9.17) is 4.74 Å². The van der Waals surface area contributed by atoms with Crippen LogP contribution in [-0.4, -0.2) is 10.9 Å². The van der Waals surface area contributed by atoms with E-state index < -0.39 is 0 Å². The monoisotopic (exact) mass is 332 g/mol. The summed E-state index contributed by atoms with van der Waals surface area (Å²) < 4.78 is 5.72. The van der Waals surface area contributed by atoms with Crippen molar-refractivity contribution in [2.24, 2.45) is 0 Å². The van der Waals surface area contributed by atoms with Gasteiger partial charge in [0.15, 0.2) is 0 Å². The molecule has 2 aromatic carbocycles. The zero-order chi connectivity index (χ0) is 17.5. The predicted molar refractivity (Wildman–Crippen MR) is 97.4 cm³/mol. The van der Waals surface area contributed by atoms with Crippen molar-refractivity contribution in [1.29, 1.82) is 0 Å². The third-order valence-electron chi connectivity index (χ3n) is 3.75. The van der Waals surface area contributed by atoms with E-state index in [2.05, 4.69) is 10.3 Å². The lowest BCUT2D eigenvalue weighted by Crippen LogP contribution is -2.23. The summed E-state index contributed by atoms with van der Waals surface area (Å²) in [6, 6.07) is 23.1. The van der Waals surface area contributed by atoms with Gasteiger partial charge in [-0.05, 0) is 42.3 Å². The second-order valence-corrected chi connectivity index (χ2v) is 5.77. The summed E-state index contributed by atoms with van der Waals surface area (Å²) in [6.45, 7) is 2.85. The molecule has 0 aliphatic carbocycles. The Balaban J connectivity index is 1.51. The number of nitrogens with one attached hydrogen (secondary N) is 1. The van der Waals surface area contributed by atoms with Gasteiger partial charge in [0.05, 0.1) is 0 Å². The van der Waals surface area contributed by atoms with Gasteiger partial charge in [0.25, 0.3) is 5.91 Å². The van der Waals surface area contributed by atoms with Gasteiger partial charge >= 0.3 is 0 Å². The van der Waals surface area contributed by atoms with Crippen LogP contribution in [0.4, 0.5) is 0 Å². The quantitative estimate of drug-likeness (QED) is 0.745.